The second kappa shape index (κ2) is 10.1. The number of benzene rings is 2. The van der Waals surface area contributed by atoms with E-state index < -0.39 is 0 Å². The van der Waals surface area contributed by atoms with Crippen LogP contribution in [-0.2, 0) is 11.2 Å². The first-order valence-corrected chi connectivity index (χ1v) is 8.63. The Balaban J connectivity index is 1.68. The van der Waals surface area contributed by atoms with Crippen LogP contribution in [0, 0.1) is 25.2 Å². The molecule has 0 aliphatic heterocycles. The highest BCUT2D eigenvalue weighted by Crippen LogP contribution is 2.16. The molecular weight excluding hydrogens is 328 g/mol. The summed E-state index contributed by atoms with van der Waals surface area (Å²) in [6, 6.07) is 15.7. The maximum absolute atomic E-state index is 11.2. The normalized spacial score (nSPS) is 10.0. The van der Waals surface area contributed by atoms with Gasteiger partial charge in [-0.1, -0.05) is 18.2 Å². The number of aryl methyl sites for hydroxylation is 2. The fourth-order valence-corrected chi connectivity index (χ4v) is 2.57. The number of amides is 1. The predicted molar refractivity (Wildman–Crippen MR) is 100 cm³/mol. The zero-order valence-electron chi connectivity index (χ0n) is 15.2. The van der Waals surface area contributed by atoms with Crippen molar-refractivity contribution in [3.8, 4) is 17.6 Å². The van der Waals surface area contributed by atoms with Gasteiger partial charge in [0.2, 0.25) is 5.91 Å². The van der Waals surface area contributed by atoms with Crippen LogP contribution in [0.1, 0.15) is 23.1 Å². The fourth-order valence-electron chi connectivity index (χ4n) is 2.57. The zero-order valence-corrected chi connectivity index (χ0v) is 15.2. The molecule has 0 bridgehead atoms. The summed E-state index contributed by atoms with van der Waals surface area (Å²) in [6.07, 6.45) is 0.615. The molecule has 0 spiro atoms. The Kier molecular flexibility index (Phi) is 7.50. The van der Waals surface area contributed by atoms with Crippen molar-refractivity contribution in [2.24, 2.45) is 0 Å². The summed E-state index contributed by atoms with van der Waals surface area (Å²) in [4.78, 5) is 11.2. The number of hydrogen-bond donors (Lipinski definition) is 1. The maximum Gasteiger partial charge on any atom is 0.234 e. The number of nitrogens with one attached hydrogen (secondary N) is 1. The molecule has 5 heteroatoms. The van der Waals surface area contributed by atoms with Gasteiger partial charge >= 0.3 is 0 Å². The summed E-state index contributed by atoms with van der Waals surface area (Å²) < 4.78 is 11.4. The molecule has 0 fully saturated rings. The average Bonchev–Trinajstić information content (AvgIpc) is 2.59. The summed E-state index contributed by atoms with van der Waals surface area (Å²) in [5.74, 6) is 1.41. The molecule has 136 valence electrons. The molecular formula is C21H24N2O3. The molecule has 0 aliphatic carbocycles. The summed E-state index contributed by atoms with van der Waals surface area (Å²) >= 11 is 0. The molecule has 1 amide bonds. The van der Waals surface area contributed by atoms with E-state index in [2.05, 4.69) is 11.4 Å². The molecule has 1 N–H and O–H groups in total. The van der Waals surface area contributed by atoms with Crippen LogP contribution in [0.4, 0.5) is 0 Å². The van der Waals surface area contributed by atoms with Gasteiger partial charge < -0.3 is 14.8 Å². The Bertz CT molecular complexity index is 744. The van der Waals surface area contributed by atoms with Gasteiger partial charge in [-0.15, -0.1) is 0 Å². The van der Waals surface area contributed by atoms with Crippen LogP contribution < -0.4 is 14.8 Å². The van der Waals surface area contributed by atoms with Crippen molar-refractivity contribution in [2.45, 2.75) is 26.7 Å². The molecule has 0 saturated carbocycles. The quantitative estimate of drug-likeness (QED) is 0.703. The van der Waals surface area contributed by atoms with Gasteiger partial charge in [0.15, 0.2) is 0 Å². The van der Waals surface area contributed by atoms with Crippen LogP contribution in [0.3, 0.4) is 0 Å². The van der Waals surface area contributed by atoms with Crippen molar-refractivity contribution in [1.82, 2.24) is 5.32 Å². The topological polar surface area (TPSA) is 71.3 Å². The van der Waals surface area contributed by atoms with Crippen LogP contribution in [0.15, 0.2) is 42.5 Å². The van der Waals surface area contributed by atoms with Crippen LogP contribution in [0.5, 0.6) is 11.5 Å². The third kappa shape index (κ3) is 6.86. The third-order valence-electron chi connectivity index (χ3n) is 3.71. The maximum atomic E-state index is 11.2. The number of nitriles is 1. The van der Waals surface area contributed by atoms with Crippen molar-refractivity contribution in [3.63, 3.8) is 0 Å². The first-order chi connectivity index (χ1) is 12.6. The van der Waals surface area contributed by atoms with Crippen molar-refractivity contribution in [2.75, 3.05) is 19.8 Å². The second-order valence-corrected chi connectivity index (χ2v) is 6.10. The molecule has 0 aromatic heterocycles. The lowest BCUT2D eigenvalue weighted by atomic mass is 10.1. The molecule has 2 rings (SSSR count). The van der Waals surface area contributed by atoms with E-state index >= 15 is 0 Å². The minimum Gasteiger partial charge on any atom is -0.490 e. The van der Waals surface area contributed by atoms with E-state index in [0.29, 0.717) is 26.2 Å². The van der Waals surface area contributed by atoms with Gasteiger partial charge in [-0.3, -0.25) is 4.79 Å². The lowest BCUT2D eigenvalue weighted by Crippen LogP contribution is -2.24. The fraction of sp³-hybridized carbons (Fsp3) is 0.333. The van der Waals surface area contributed by atoms with Gasteiger partial charge in [-0.25, -0.2) is 0 Å². The standard InChI is InChI=1S/C21H24N2O3/c1-16-13-17(2)15-20(14-16)26-12-11-25-19-5-3-18(4-6-19)8-10-23-21(24)7-9-22/h3-6,13-15H,7-8,10-12H2,1-2H3,(H,23,24). The first kappa shape index (κ1) is 19.3. The van der Waals surface area contributed by atoms with Gasteiger partial charge in [-0.2, -0.15) is 5.26 Å². The van der Waals surface area contributed by atoms with Gasteiger partial charge in [0.25, 0.3) is 0 Å². The van der Waals surface area contributed by atoms with Crippen molar-refractivity contribution in [1.29, 1.82) is 5.26 Å². The number of carbonyl (C=O) groups is 1. The third-order valence-corrected chi connectivity index (χ3v) is 3.71. The molecule has 0 unspecified atom stereocenters. The van der Waals surface area contributed by atoms with Crippen LogP contribution in [0.2, 0.25) is 0 Å². The van der Waals surface area contributed by atoms with Gasteiger partial charge in [-0.05, 0) is 61.2 Å². The Morgan fingerprint density at radius 3 is 2.23 bits per heavy atom. The summed E-state index contributed by atoms with van der Waals surface area (Å²) in [5.41, 5.74) is 3.46. The molecule has 0 heterocycles. The Hall–Kier alpha value is -3.00. The number of rotatable bonds is 9. The van der Waals surface area contributed by atoms with Crippen molar-refractivity contribution in [3.05, 3.63) is 59.2 Å². The predicted octanol–water partition coefficient (Wildman–Crippen LogP) is 3.33. The average molecular weight is 352 g/mol. The Morgan fingerprint density at radius 1 is 1.00 bits per heavy atom. The van der Waals surface area contributed by atoms with E-state index in [9.17, 15) is 4.79 Å². The molecule has 26 heavy (non-hydrogen) atoms. The second-order valence-electron chi connectivity index (χ2n) is 6.10. The minimum absolute atomic E-state index is 0.100. The van der Waals surface area contributed by atoms with E-state index in [-0.39, 0.29) is 12.3 Å². The number of nitrogens with zero attached hydrogens (tertiary/aromatic N) is 1. The molecule has 0 aliphatic rings. The highest BCUT2D eigenvalue weighted by atomic mass is 16.5. The molecule has 0 radical (unpaired) electrons. The molecule has 2 aromatic rings. The summed E-state index contributed by atoms with van der Waals surface area (Å²) in [7, 11) is 0. The van der Waals surface area contributed by atoms with Crippen LogP contribution >= 0.6 is 0 Å². The van der Waals surface area contributed by atoms with Crippen LogP contribution in [0.25, 0.3) is 0 Å². The highest BCUT2D eigenvalue weighted by Gasteiger charge is 2.01. The molecule has 5 nitrogen and oxygen atoms in total. The van der Waals surface area contributed by atoms with E-state index in [0.717, 1.165) is 17.1 Å². The van der Waals surface area contributed by atoms with Gasteiger partial charge in [0.1, 0.15) is 31.1 Å². The minimum atomic E-state index is -0.240. The Morgan fingerprint density at radius 2 is 1.62 bits per heavy atom. The van der Waals surface area contributed by atoms with E-state index in [1.165, 1.54) is 11.1 Å². The van der Waals surface area contributed by atoms with E-state index in [4.69, 9.17) is 14.7 Å². The highest BCUT2D eigenvalue weighted by molar-refractivity contribution is 5.77. The summed E-state index contributed by atoms with van der Waals surface area (Å²) in [5, 5.41) is 11.1. The van der Waals surface area contributed by atoms with Crippen LogP contribution in [-0.4, -0.2) is 25.7 Å². The van der Waals surface area contributed by atoms with Gasteiger partial charge in [0, 0.05) is 6.54 Å². The first-order valence-electron chi connectivity index (χ1n) is 8.63. The lowest BCUT2D eigenvalue weighted by Gasteiger charge is -2.10. The number of ether oxygens (including phenoxy) is 2. The molecule has 0 atom stereocenters. The van der Waals surface area contributed by atoms with E-state index in [1.807, 2.05) is 56.3 Å². The van der Waals surface area contributed by atoms with E-state index in [1.54, 1.807) is 0 Å². The SMILES string of the molecule is Cc1cc(C)cc(OCCOc2ccc(CCNC(=O)CC#N)cc2)c1. The lowest BCUT2D eigenvalue weighted by molar-refractivity contribution is -0.120. The van der Waals surface area contributed by atoms with Crippen molar-refractivity contribution < 1.29 is 14.3 Å². The number of carbonyl (C=O) groups excluding carboxylic acids is 1. The largest absolute Gasteiger partial charge is 0.490 e. The Labute approximate surface area is 154 Å². The smallest absolute Gasteiger partial charge is 0.234 e. The monoisotopic (exact) mass is 352 g/mol. The number of hydrogen-bond acceptors (Lipinski definition) is 4. The van der Waals surface area contributed by atoms with Crippen molar-refractivity contribution >= 4 is 5.91 Å². The molecule has 0 saturated heterocycles. The molecule has 2 aromatic carbocycles. The van der Waals surface area contributed by atoms with Gasteiger partial charge in [0.05, 0.1) is 6.07 Å². The zero-order chi connectivity index (χ0) is 18.8. The summed E-state index contributed by atoms with van der Waals surface area (Å²) in [6.45, 7) is 5.57.